The molecule has 2 N–H and O–H groups in total. The molecule has 0 radical (unpaired) electrons. The molecule has 1 atom stereocenters. The van der Waals surface area contributed by atoms with E-state index in [-0.39, 0.29) is 6.04 Å². The van der Waals surface area contributed by atoms with Crippen LogP contribution in [0.4, 0.5) is 4.79 Å². The van der Waals surface area contributed by atoms with Crippen LogP contribution in [0.2, 0.25) is 0 Å². The zero-order valence-corrected chi connectivity index (χ0v) is 8.42. The molecule has 0 saturated heterocycles. The van der Waals surface area contributed by atoms with Crippen molar-refractivity contribution in [2.75, 3.05) is 0 Å². The van der Waals surface area contributed by atoms with Gasteiger partial charge < -0.3 is 10.4 Å². The van der Waals surface area contributed by atoms with Crippen molar-refractivity contribution >= 4 is 12.2 Å². The van der Waals surface area contributed by atoms with E-state index in [0.717, 1.165) is 5.56 Å². The molecule has 0 aromatic carbocycles. The largest absolute Gasteiger partial charge is 0.465 e. The van der Waals surface area contributed by atoms with E-state index in [1.165, 1.54) is 6.33 Å². The smallest absolute Gasteiger partial charge is 0.404 e. The lowest BCUT2D eigenvalue weighted by molar-refractivity contribution is 0.191. The molecule has 1 amide bonds. The van der Waals surface area contributed by atoms with Gasteiger partial charge in [0.25, 0.3) is 0 Å². The van der Waals surface area contributed by atoms with Crippen molar-refractivity contribution in [1.82, 2.24) is 15.3 Å². The fourth-order valence-corrected chi connectivity index (χ4v) is 1.07. The van der Waals surface area contributed by atoms with Crippen LogP contribution in [0.25, 0.3) is 6.08 Å². The first kappa shape index (κ1) is 11.2. The summed E-state index contributed by atoms with van der Waals surface area (Å²) in [6.45, 7) is 1.81. The Labute approximate surface area is 87.9 Å². The fraction of sp³-hybridized carbons (Fsp3) is 0.300. The van der Waals surface area contributed by atoms with Gasteiger partial charge in [-0.15, -0.1) is 0 Å². The van der Waals surface area contributed by atoms with E-state index in [4.69, 9.17) is 5.11 Å². The summed E-state index contributed by atoms with van der Waals surface area (Å²) in [4.78, 5) is 18.0. The van der Waals surface area contributed by atoms with Crippen molar-refractivity contribution in [2.45, 2.75) is 19.4 Å². The maximum absolute atomic E-state index is 10.3. The number of carboxylic acid groups (broad SMARTS) is 1. The molecule has 80 valence electrons. The van der Waals surface area contributed by atoms with Crippen molar-refractivity contribution in [3.05, 3.63) is 30.4 Å². The van der Waals surface area contributed by atoms with Crippen molar-refractivity contribution in [3.63, 3.8) is 0 Å². The number of nitrogens with one attached hydrogen (secondary N) is 1. The average molecular weight is 207 g/mol. The van der Waals surface area contributed by atoms with E-state index < -0.39 is 6.09 Å². The average Bonchev–Trinajstić information content (AvgIpc) is 2.18. The molecule has 0 saturated carbocycles. The number of rotatable bonds is 4. The van der Waals surface area contributed by atoms with Crippen LogP contribution in [-0.2, 0) is 0 Å². The van der Waals surface area contributed by atoms with E-state index in [0.29, 0.717) is 6.42 Å². The molecule has 0 aliphatic carbocycles. The van der Waals surface area contributed by atoms with Crippen molar-refractivity contribution < 1.29 is 9.90 Å². The first-order valence-corrected chi connectivity index (χ1v) is 4.59. The lowest BCUT2D eigenvalue weighted by Crippen LogP contribution is -2.30. The Hall–Kier alpha value is -1.91. The first-order valence-electron chi connectivity index (χ1n) is 4.59. The minimum Gasteiger partial charge on any atom is -0.465 e. The summed E-state index contributed by atoms with van der Waals surface area (Å²) in [6.07, 6.45) is 8.24. The van der Waals surface area contributed by atoms with Gasteiger partial charge in [-0.05, 0) is 13.3 Å². The molecule has 0 aliphatic heterocycles. The monoisotopic (exact) mass is 207 g/mol. The molecule has 0 spiro atoms. The van der Waals surface area contributed by atoms with Crippen molar-refractivity contribution in [1.29, 1.82) is 0 Å². The second kappa shape index (κ2) is 5.74. The van der Waals surface area contributed by atoms with Crippen molar-refractivity contribution in [3.8, 4) is 0 Å². The Morgan fingerprint density at radius 3 is 2.87 bits per heavy atom. The quantitative estimate of drug-likeness (QED) is 0.785. The molecular weight excluding hydrogens is 194 g/mol. The lowest BCUT2D eigenvalue weighted by Gasteiger charge is -2.07. The molecule has 1 unspecified atom stereocenters. The summed E-state index contributed by atoms with van der Waals surface area (Å²) >= 11 is 0. The first-order chi connectivity index (χ1) is 7.18. The van der Waals surface area contributed by atoms with E-state index in [2.05, 4.69) is 15.3 Å². The summed E-state index contributed by atoms with van der Waals surface area (Å²) < 4.78 is 0. The summed E-state index contributed by atoms with van der Waals surface area (Å²) in [5.74, 6) is 0. The van der Waals surface area contributed by atoms with E-state index in [1.807, 2.05) is 12.2 Å². The Morgan fingerprint density at radius 1 is 1.60 bits per heavy atom. The zero-order valence-electron chi connectivity index (χ0n) is 8.42. The molecular formula is C10H13N3O2. The van der Waals surface area contributed by atoms with Gasteiger partial charge in [-0.1, -0.05) is 12.2 Å². The summed E-state index contributed by atoms with van der Waals surface area (Å²) in [6, 6.07) is -0.0941. The summed E-state index contributed by atoms with van der Waals surface area (Å²) in [5, 5.41) is 10.8. The van der Waals surface area contributed by atoms with Crippen LogP contribution in [0.3, 0.4) is 0 Å². The van der Waals surface area contributed by atoms with Crippen LogP contribution in [-0.4, -0.2) is 27.2 Å². The number of carbonyl (C=O) groups is 1. The molecule has 0 fully saturated rings. The molecule has 1 rings (SSSR count). The number of hydrogen-bond acceptors (Lipinski definition) is 3. The van der Waals surface area contributed by atoms with Gasteiger partial charge in [0.15, 0.2) is 0 Å². The summed E-state index contributed by atoms with van der Waals surface area (Å²) in [7, 11) is 0. The van der Waals surface area contributed by atoms with Gasteiger partial charge in [0.05, 0.1) is 0 Å². The standard InChI is InChI=1S/C10H13N3O2/c1-8(13-10(14)15)3-2-4-9-5-11-7-12-6-9/h2,4-8,13H,3H2,1H3,(H,14,15)/b4-2+. The molecule has 1 aromatic heterocycles. The molecule has 5 nitrogen and oxygen atoms in total. The predicted octanol–water partition coefficient (Wildman–Crippen LogP) is 1.54. The summed E-state index contributed by atoms with van der Waals surface area (Å²) in [5.41, 5.74) is 0.903. The van der Waals surface area contributed by atoms with Crippen LogP contribution < -0.4 is 5.32 Å². The van der Waals surface area contributed by atoms with Gasteiger partial charge in [0.1, 0.15) is 6.33 Å². The number of nitrogens with zero attached hydrogens (tertiary/aromatic N) is 2. The molecule has 0 bridgehead atoms. The maximum Gasteiger partial charge on any atom is 0.404 e. The van der Waals surface area contributed by atoms with Gasteiger partial charge in [0, 0.05) is 24.0 Å². The number of hydrogen-bond donors (Lipinski definition) is 2. The van der Waals surface area contributed by atoms with E-state index in [9.17, 15) is 4.79 Å². The third kappa shape index (κ3) is 4.75. The maximum atomic E-state index is 10.3. The van der Waals surface area contributed by atoms with E-state index >= 15 is 0 Å². The highest BCUT2D eigenvalue weighted by atomic mass is 16.4. The normalized spacial score (nSPS) is 12.6. The molecule has 15 heavy (non-hydrogen) atoms. The predicted molar refractivity (Wildman–Crippen MR) is 56.3 cm³/mol. The Morgan fingerprint density at radius 2 is 2.27 bits per heavy atom. The van der Waals surface area contributed by atoms with Crippen LogP contribution >= 0.6 is 0 Å². The minimum atomic E-state index is -1.00. The second-order valence-electron chi connectivity index (χ2n) is 3.16. The fourth-order valence-electron chi connectivity index (χ4n) is 1.07. The van der Waals surface area contributed by atoms with E-state index in [1.54, 1.807) is 19.3 Å². The van der Waals surface area contributed by atoms with Crippen molar-refractivity contribution in [2.24, 2.45) is 0 Å². The van der Waals surface area contributed by atoms with Gasteiger partial charge in [-0.3, -0.25) is 0 Å². The van der Waals surface area contributed by atoms with Crippen LogP contribution in [0, 0.1) is 0 Å². The number of amides is 1. The molecule has 5 heteroatoms. The van der Waals surface area contributed by atoms with Gasteiger partial charge in [-0.2, -0.15) is 0 Å². The Kier molecular flexibility index (Phi) is 4.28. The highest BCUT2D eigenvalue weighted by Crippen LogP contribution is 2.00. The second-order valence-corrected chi connectivity index (χ2v) is 3.16. The van der Waals surface area contributed by atoms with Crippen LogP contribution in [0.5, 0.6) is 0 Å². The Bertz CT molecular complexity index is 338. The molecule has 1 aromatic rings. The molecule has 0 aliphatic rings. The molecule has 1 heterocycles. The van der Waals surface area contributed by atoms with Crippen LogP contribution in [0.1, 0.15) is 18.9 Å². The minimum absolute atomic E-state index is 0.0941. The highest BCUT2D eigenvalue weighted by molar-refractivity contribution is 5.64. The van der Waals surface area contributed by atoms with Gasteiger partial charge in [-0.25, -0.2) is 14.8 Å². The lowest BCUT2D eigenvalue weighted by atomic mass is 10.2. The third-order valence-corrected chi connectivity index (χ3v) is 1.75. The SMILES string of the molecule is CC(C/C=C/c1cncnc1)NC(=O)O. The zero-order chi connectivity index (χ0) is 11.1. The van der Waals surface area contributed by atoms with Gasteiger partial charge in [0.2, 0.25) is 0 Å². The van der Waals surface area contributed by atoms with Crippen LogP contribution in [0.15, 0.2) is 24.8 Å². The highest BCUT2D eigenvalue weighted by Gasteiger charge is 2.01. The topological polar surface area (TPSA) is 75.1 Å². The van der Waals surface area contributed by atoms with Gasteiger partial charge >= 0.3 is 6.09 Å². The third-order valence-electron chi connectivity index (χ3n) is 1.75. The Balaban J connectivity index is 2.37. The number of aromatic nitrogens is 2.